The molecule has 0 unspecified atom stereocenters. The van der Waals surface area contributed by atoms with Gasteiger partial charge in [-0.05, 0) is 81.6 Å². The van der Waals surface area contributed by atoms with E-state index >= 15 is 0 Å². The van der Waals surface area contributed by atoms with E-state index in [1.807, 2.05) is 34.6 Å². The minimum absolute atomic E-state index is 0.0344. The molecule has 2 amide bonds. The molecule has 0 saturated heterocycles. The first-order valence-corrected chi connectivity index (χ1v) is 16.0. The van der Waals surface area contributed by atoms with Gasteiger partial charge in [0.15, 0.2) is 0 Å². The number of ether oxygens (including phenoxy) is 1. The summed E-state index contributed by atoms with van der Waals surface area (Å²) < 4.78 is 34.6. The smallest absolute Gasteiger partial charge is 0.264 e. The minimum atomic E-state index is -4.16. The number of sulfonamides is 1. The van der Waals surface area contributed by atoms with Gasteiger partial charge in [-0.3, -0.25) is 13.9 Å². The molecule has 0 saturated carbocycles. The van der Waals surface area contributed by atoms with Gasteiger partial charge in [0, 0.05) is 17.6 Å². The lowest BCUT2D eigenvalue weighted by Gasteiger charge is -2.34. The summed E-state index contributed by atoms with van der Waals surface area (Å²) in [7, 11) is -4.16. The number of nitrogens with zero attached hydrogens (tertiary/aromatic N) is 2. The number of anilines is 1. The number of hydrogen-bond donors (Lipinski definition) is 1. The predicted molar refractivity (Wildman–Crippen MR) is 167 cm³/mol. The fourth-order valence-electron chi connectivity index (χ4n) is 4.41. The van der Waals surface area contributed by atoms with Crippen LogP contribution in [0.25, 0.3) is 0 Å². The highest BCUT2D eigenvalue weighted by Crippen LogP contribution is 2.27. The number of halogens is 1. The van der Waals surface area contributed by atoms with Crippen LogP contribution in [0.1, 0.15) is 51.7 Å². The van der Waals surface area contributed by atoms with E-state index < -0.39 is 28.5 Å². The van der Waals surface area contributed by atoms with Crippen molar-refractivity contribution in [3.8, 4) is 5.75 Å². The summed E-state index contributed by atoms with van der Waals surface area (Å²) in [5, 5.41) is 3.42. The molecule has 1 N–H and O–H groups in total. The van der Waals surface area contributed by atoms with Crippen molar-refractivity contribution in [2.24, 2.45) is 0 Å². The molecule has 2 atom stereocenters. The second kappa shape index (κ2) is 15.1. The van der Waals surface area contributed by atoms with Gasteiger partial charge in [-0.15, -0.1) is 0 Å². The van der Waals surface area contributed by atoms with Gasteiger partial charge < -0.3 is 15.0 Å². The lowest BCUT2D eigenvalue weighted by atomic mass is 10.1. The van der Waals surface area contributed by atoms with Gasteiger partial charge in [-0.2, -0.15) is 0 Å². The van der Waals surface area contributed by atoms with Crippen LogP contribution in [0.4, 0.5) is 5.69 Å². The standard InChI is InChI=1S/C32H40ClN3O5S/c1-6-24(5)34-32(38)30(7-2)35(21-25-11-9-10-12-29(25)33)31(37)22-36(26-15-17-27(18-16-26)41-8-3)42(39,40)28-19-13-23(4)14-20-28/h9-20,24,30H,6-8,21-22H2,1-5H3,(H,34,38)/t24-,30-/m1/s1. The van der Waals surface area contributed by atoms with E-state index in [2.05, 4.69) is 5.32 Å². The molecule has 0 aliphatic rings. The second-order valence-corrected chi connectivity index (χ2v) is 12.4. The van der Waals surface area contributed by atoms with Gasteiger partial charge in [0.25, 0.3) is 10.0 Å². The molecule has 0 radical (unpaired) electrons. The number of carbonyl (C=O) groups is 2. The Morgan fingerprint density at radius 3 is 2.14 bits per heavy atom. The summed E-state index contributed by atoms with van der Waals surface area (Å²) in [6.07, 6.45) is 1.05. The maximum absolute atomic E-state index is 14.2. The number of benzene rings is 3. The van der Waals surface area contributed by atoms with Crippen LogP contribution in [0, 0.1) is 6.92 Å². The molecular formula is C32H40ClN3O5S. The first-order chi connectivity index (χ1) is 20.0. The largest absolute Gasteiger partial charge is 0.494 e. The van der Waals surface area contributed by atoms with Crippen LogP contribution < -0.4 is 14.4 Å². The Morgan fingerprint density at radius 2 is 1.57 bits per heavy atom. The Labute approximate surface area is 254 Å². The van der Waals surface area contributed by atoms with Crippen molar-refractivity contribution in [1.82, 2.24) is 10.2 Å². The van der Waals surface area contributed by atoms with E-state index in [0.29, 0.717) is 35.1 Å². The van der Waals surface area contributed by atoms with E-state index in [0.717, 1.165) is 16.3 Å². The van der Waals surface area contributed by atoms with E-state index in [9.17, 15) is 18.0 Å². The fraction of sp³-hybridized carbons (Fsp3) is 0.375. The van der Waals surface area contributed by atoms with E-state index in [1.54, 1.807) is 60.7 Å². The van der Waals surface area contributed by atoms with Crippen molar-refractivity contribution in [2.75, 3.05) is 17.5 Å². The first-order valence-electron chi connectivity index (χ1n) is 14.2. The van der Waals surface area contributed by atoms with E-state index in [4.69, 9.17) is 16.3 Å². The number of hydrogen-bond acceptors (Lipinski definition) is 5. The summed E-state index contributed by atoms with van der Waals surface area (Å²) >= 11 is 6.46. The number of carbonyl (C=O) groups excluding carboxylic acids is 2. The van der Waals surface area contributed by atoms with E-state index in [1.165, 1.54) is 17.0 Å². The molecule has 42 heavy (non-hydrogen) atoms. The molecule has 0 spiro atoms. The molecular weight excluding hydrogens is 574 g/mol. The Hall–Kier alpha value is -3.56. The summed E-state index contributed by atoms with van der Waals surface area (Å²) in [5.41, 5.74) is 1.85. The maximum Gasteiger partial charge on any atom is 0.264 e. The van der Waals surface area contributed by atoms with Crippen molar-refractivity contribution in [1.29, 1.82) is 0 Å². The molecule has 10 heteroatoms. The third kappa shape index (κ3) is 8.26. The van der Waals surface area contributed by atoms with Crippen LogP contribution >= 0.6 is 11.6 Å². The van der Waals surface area contributed by atoms with Crippen molar-refractivity contribution in [3.63, 3.8) is 0 Å². The van der Waals surface area contributed by atoms with Crippen LogP contribution in [0.5, 0.6) is 5.75 Å². The first kappa shape index (κ1) is 32.9. The van der Waals surface area contributed by atoms with Gasteiger partial charge in [0.1, 0.15) is 18.3 Å². The van der Waals surface area contributed by atoms with Crippen LogP contribution in [-0.2, 0) is 26.2 Å². The lowest BCUT2D eigenvalue weighted by Crippen LogP contribution is -2.53. The number of nitrogens with one attached hydrogen (secondary N) is 1. The molecule has 3 aromatic rings. The summed E-state index contributed by atoms with van der Waals surface area (Å²) in [6, 6.07) is 19.2. The Balaban J connectivity index is 2.07. The highest BCUT2D eigenvalue weighted by Gasteiger charge is 2.34. The lowest BCUT2D eigenvalue weighted by molar-refractivity contribution is -0.140. The zero-order valence-corrected chi connectivity index (χ0v) is 26.4. The normalized spacial score (nSPS) is 12.7. The average Bonchev–Trinajstić information content (AvgIpc) is 2.97. The number of amides is 2. The molecule has 0 heterocycles. The molecule has 0 bridgehead atoms. The van der Waals surface area contributed by atoms with Gasteiger partial charge in [-0.1, -0.05) is 61.3 Å². The molecule has 0 aliphatic heterocycles. The van der Waals surface area contributed by atoms with Crippen molar-refractivity contribution < 1.29 is 22.7 Å². The minimum Gasteiger partial charge on any atom is -0.494 e. The Morgan fingerprint density at radius 1 is 0.929 bits per heavy atom. The highest BCUT2D eigenvalue weighted by atomic mass is 35.5. The molecule has 3 aromatic carbocycles. The molecule has 0 fully saturated rings. The summed E-state index contributed by atoms with van der Waals surface area (Å²) in [6.45, 7) is 9.37. The number of rotatable bonds is 14. The molecule has 226 valence electrons. The van der Waals surface area contributed by atoms with Gasteiger partial charge in [0.2, 0.25) is 11.8 Å². The monoisotopic (exact) mass is 613 g/mol. The predicted octanol–water partition coefficient (Wildman–Crippen LogP) is 5.96. The quantitative estimate of drug-likeness (QED) is 0.242. The van der Waals surface area contributed by atoms with Crippen molar-refractivity contribution >= 4 is 39.1 Å². The molecule has 8 nitrogen and oxygen atoms in total. The van der Waals surface area contributed by atoms with Crippen LogP contribution in [0.2, 0.25) is 5.02 Å². The zero-order chi connectivity index (χ0) is 30.9. The SMILES string of the molecule is CCOc1ccc(N(CC(=O)N(Cc2ccccc2Cl)[C@H](CC)C(=O)N[C@H](C)CC)S(=O)(=O)c2ccc(C)cc2)cc1. The van der Waals surface area contributed by atoms with Crippen LogP contribution in [-0.4, -0.2) is 50.4 Å². The van der Waals surface area contributed by atoms with Crippen LogP contribution in [0.3, 0.4) is 0 Å². The summed E-state index contributed by atoms with van der Waals surface area (Å²) in [5.74, 6) is -0.264. The third-order valence-electron chi connectivity index (χ3n) is 7.01. The molecule has 3 rings (SSSR count). The van der Waals surface area contributed by atoms with Gasteiger partial charge in [-0.25, -0.2) is 8.42 Å². The highest BCUT2D eigenvalue weighted by molar-refractivity contribution is 7.92. The van der Waals surface area contributed by atoms with Gasteiger partial charge in [0.05, 0.1) is 17.2 Å². The molecule has 0 aromatic heterocycles. The van der Waals surface area contributed by atoms with E-state index in [-0.39, 0.29) is 23.4 Å². The van der Waals surface area contributed by atoms with Gasteiger partial charge >= 0.3 is 0 Å². The number of aryl methyl sites for hydroxylation is 1. The second-order valence-electron chi connectivity index (χ2n) is 10.1. The zero-order valence-electron chi connectivity index (χ0n) is 24.8. The topological polar surface area (TPSA) is 96.0 Å². The van der Waals surface area contributed by atoms with Crippen LogP contribution in [0.15, 0.2) is 77.7 Å². The Bertz CT molecular complexity index is 1450. The molecule has 0 aliphatic carbocycles. The van der Waals surface area contributed by atoms with Crippen molar-refractivity contribution in [2.45, 2.75) is 71.0 Å². The van der Waals surface area contributed by atoms with Crippen molar-refractivity contribution in [3.05, 3.63) is 88.9 Å². The summed E-state index contributed by atoms with van der Waals surface area (Å²) in [4.78, 5) is 29.0. The maximum atomic E-state index is 14.2. The Kier molecular flexibility index (Phi) is 11.8. The average molecular weight is 614 g/mol. The third-order valence-corrected chi connectivity index (χ3v) is 9.17. The fourth-order valence-corrected chi connectivity index (χ4v) is 6.02.